The standard InChI is InChI=1S/C26H39N5O2/c1-5-33-24-16-18(10-15-23(24)32-4)17-27-19-11-13-20(14-12-19)28-26-29-22-9-7-6-8-21(22)25(30-26)31(2)3/h10,15-16,19-20,27H,5-9,11-14,17H2,1-4H3,(H,28,29,30). The number of methoxy groups -OCH3 is 1. The van der Waals surface area contributed by atoms with Crippen molar-refractivity contribution in [2.45, 2.75) is 76.9 Å². The molecule has 1 aromatic heterocycles. The van der Waals surface area contributed by atoms with Gasteiger partial charge in [-0.15, -0.1) is 0 Å². The van der Waals surface area contributed by atoms with Crippen LogP contribution in [0, 0.1) is 0 Å². The maximum Gasteiger partial charge on any atom is 0.225 e. The number of anilines is 2. The summed E-state index contributed by atoms with van der Waals surface area (Å²) >= 11 is 0. The van der Waals surface area contributed by atoms with Gasteiger partial charge in [0.05, 0.1) is 19.4 Å². The fraction of sp³-hybridized carbons (Fsp3) is 0.615. The first kappa shape index (κ1) is 23.6. The number of aryl methyl sites for hydroxylation is 1. The third-order valence-electron chi connectivity index (χ3n) is 6.77. The van der Waals surface area contributed by atoms with Crippen LogP contribution in [0.1, 0.15) is 62.3 Å². The van der Waals surface area contributed by atoms with Crippen LogP contribution in [-0.4, -0.2) is 49.9 Å². The average molecular weight is 454 g/mol. The number of rotatable bonds is 9. The number of hydrogen-bond donors (Lipinski definition) is 2. The third kappa shape index (κ3) is 5.88. The molecule has 0 atom stereocenters. The Kier molecular flexibility index (Phi) is 7.91. The minimum Gasteiger partial charge on any atom is -0.493 e. The number of nitrogens with zero attached hydrogens (tertiary/aromatic N) is 3. The van der Waals surface area contributed by atoms with Crippen molar-refractivity contribution in [3.05, 3.63) is 35.0 Å². The fourth-order valence-corrected chi connectivity index (χ4v) is 4.99. The van der Waals surface area contributed by atoms with Crippen LogP contribution < -0.4 is 25.0 Å². The molecule has 0 amide bonds. The Morgan fingerprint density at radius 1 is 1.00 bits per heavy atom. The topological polar surface area (TPSA) is 71.5 Å². The molecule has 1 heterocycles. The molecule has 0 aliphatic heterocycles. The van der Waals surface area contributed by atoms with Crippen molar-refractivity contribution in [2.24, 2.45) is 0 Å². The Morgan fingerprint density at radius 2 is 1.76 bits per heavy atom. The van der Waals surface area contributed by atoms with E-state index in [1.807, 2.05) is 13.0 Å². The SMILES string of the molecule is CCOc1cc(CNC2CCC(Nc3nc4c(c(N(C)C)n3)CCCC4)CC2)ccc1OC. The van der Waals surface area contributed by atoms with Gasteiger partial charge in [0.1, 0.15) is 5.82 Å². The number of nitrogens with one attached hydrogen (secondary N) is 2. The first-order chi connectivity index (χ1) is 16.1. The van der Waals surface area contributed by atoms with E-state index in [1.165, 1.54) is 29.7 Å². The summed E-state index contributed by atoms with van der Waals surface area (Å²) in [6.07, 6.45) is 9.19. The molecular weight excluding hydrogens is 414 g/mol. The second-order valence-electron chi connectivity index (χ2n) is 9.39. The molecule has 1 saturated carbocycles. The average Bonchev–Trinajstić information content (AvgIpc) is 2.83. The number of ether oxygens (including phenoxy) is 2. The molecule has 0 saturated heterocycles. The van der Waals surface area contributed by atoms with Crippen LogP contribution in [0.15, 0.2) is 18.2 Å². The first-order valence-corrected chi connectivity index (χ1v) is 12.4. The van der Waals surface area contributed by atoms with Crippen LogP contribution in [0.25, 0.3) is 0 Å². The summed E-state index contributed by atoms with van der Waals surface area (Å²) in [5, 5.41) is 7.38. The molecule has 2 aliphatic carbocycles. The monoisotopic (exact) mass is 453 g/mol. The number of fused-ring (bicyclic) bond motifs is 1. The lowest BCUT2D eigenvalue weighted by Gasteiger charge is -2.30. The van der Waals surface area contributed by atoms with Crippen molar-refractivity contribution >= 4 is 11.8 Å². The molecule has 7 nitrogen and oxygen atoms in total. The van der Waals surface area contributed by atoms with E-state index < -0.39 is 0 Å². The Morgan fingerprint density at radius 3 is 2.48 bits per heavy atom. The molecule has 180 valence electrons. The maximum absolute atomic E-state index is 5.71. The van der Waals surface area contributed by atoms with Gasteiger partial charge < -0.3 is 25.0 Å². The number of aromatic nitrogens is 2. The van der Waals surface area contributed by atoms with Crippen LogP contribution in [0.3, 0.4) is 0 Å². The van der Waals surface area contributed by atoms with Crippen molar-refractivity contribution < 1.29 is 9.47 Å². The summed E-state index contributed by atoms with van der Waals surface area (Å²) in [5.74, 6) is 3.49. The summed E-state index contributed by atoms with van der Waals surface area (Å²) in [6.45, 7) is 3.47. The number of hydrogen-bond acceptors (Lipinski definition) is 7. The lowest BCUT2D eigenvalue weighted by Crippen LogP contribution is -2.37. The van der Waals surface area contributed by atoms with Gasteiger partial charge in [-0.2, -0.15) is 4.98 Å². The number of benzene rings is 1. The highest BCUT2D eigenvalue weighted by atomic mass is 16.5. The molecule has 7 heteroatoms. The van der Waals surface area contributed by atoms with E-state index in [2.05, 4.69) is 41.8 Å². The van der Waals surface area contributed by atoms with Crippen molar-refractivity contribution in [1.82, 2.24) is 15.3 Å². The molecule has 1 fully saturated rings. The summed E-state index contributed by atoms with van der Waals surface area (Å²) in [7, 11) is 5.84. The van der Waals surface area contributed by atoms with Crippen molar-refractivity contribution in [2.75, 3.05) is 38.0 Å². The second kappa shape index (κ2) is 11.1. The van der Waals surface area contributed by atoms with Crippen molar-refractivity contribution in [3.63, 3.8) is 0 Å². The Balaban J connectivity index is 1.30. The highest BCUT2D eigenvalue weighted by Crippen LogP contribution is 2.30. The smallest absolute Gasteiger partial charge is 0.225 e. The fourth-order valence-electron chi connectivity index (χ4n) is 4.99. The zero-order valence-corrected chi connectivity index (χ0v) is 20.6. The van der Waals surface area contributed by atoms with E-state index in [4.69, 9.17) is 19.4 Å². The van der Waals surface area contributed by atoms with Crippen LogP contribution in [0.5, 0.6) is 11.5 Å². The lowest BCUT2D eigenvalue weighted by molar-refractivity contribution is 0.310. The van der Waals surface area contributed by atoms with Gasteiger partial charge in [0.25, 0.3) is 0 Å². The minimum atomic E-state index is 0.435. The normalized spacial score (nSPS) is 20.1. The largest absolute Gasteiger partial charge is 0.493 e. The van der Waals surface area contributed by atoms with Crippen LogP contribution in [0.2, 0.25) is 0 Å². The van der Waals surface area contributed by atoms with Crippen LogP contribution >= 0.6 is 0 Å². The predicted molar refractivity (Wildman–Crippen MR) is 134 cm³/mol. The molecule has 1 aromatic carbocycles. The summed E-state index contributed by atoms with van der Waals surface area (Å²) in [4.78, 5) is 11.9. The van der Waals surface area contributed by atoms with Crippen molar-refractivity contribution in [3.8, 4) is 11.5 Å². The minimum absolute atomic E-state index is 0.435. The molecular formula is C26H39N5O2. The van der Waals surface area contributed by atoms with Gasteiger partial charge in [-0.25, -0.2) is 4.98 Å². The van der Waals surface area contributed by atoms with E-state index in [1.54, 1.807) is 7.11 Å². The summed E-state index contributed by atoms with van der Waals surface area (Å²) in [5.41, 5.74) is 3.80. The van der Waals surface area contributed by atoms with Gasteiger partial charge in [-0.3, -0.25) is 0 Å². The molecule has 2 N–H and O–H groups in total. The van der Waals surface area contributed by atoms with Crippen LogP contribution in [-0.2, 0) is 19.4 Å². The third-order valence-corrected chi connectivity index (χ3v) is 6.77. The second-order valence-corrected chi connectivity index (χ2v) is 9.39. The first-order valence-electron chi connectivity index (χ1n) is 12.4. The molecule has 0 bridgehead atoms. The van der Waals surface area contributed by atoms with E-state index >= 15 is 0 Å². The maximum atomic E-state index is 5.71. The Labute approximate surface area is 198 Å². The van der Waals surface area contributed by atoms with E-state index in [0.29, 0.717) is 18.7 Å². The molecule has 0 radical (unpaired) electrons. The Hall–Kier alpha value is -2.54. The zero-order valence-electron chi connectivity index (χ0n) is 20.6. The van der Waals surface area contributed by atoms with E-state index in [9.17, 15) is 0 Å². The molecule has 0 unspecified atom stereocenters. The zero-order chi connectivity index (χ0) is 23.2. The van der Waals surface area contributed by atoms with Gasteiger partial charge in [0, 0.05) is 38.3 Å². The van der Waals surface area contributed by atoms with Gasteiger partial charge in [0.2, 0.25) is 5.95 Å². The summed E-state index contributed by atoms with van der Waals surface area (Å²) in [6, 6.07) is 7.15. The summed E-state index contributed by atoms with van der Waals surface area (Å²) < 4.78 is 11.1. The lowest BCUT2D eigenvalue weighted by atomic mass is 9.91. The van der Waals surface area contributed by atoms with Gasteiger partial charge in [0.15, 0.2) is 11.5 Å². The highest BCUT2D eigenvalue weighted by Gasteiger charge is 2.24. The molecule has 4 rings (SSSR count). The van der Waals surface area contributed by atoms with Crippen molar-refractivity contribution in [1.29, 1.82) is 0 Å². The predicted octanol–water partition coefficient (Wildman–Crippen LogP) is 4.34. The quantitative estimate of drug-likeness (QED) is 0.585. The Bertz CT molecular complexity index is 925. The highest BCUT2D eigenvalue weighted by molar-refractivity contribution is 5.53. The van der Waals surface area contributed by atoms with Gasteiger partial charge in [-0.1, -0.05) is 6.07 Å². The molecule has 2 aliphatic rings. The van der Waals surface area contributed by atoms with Gasteiger partial charge >= 0.3 is 0 Å². The molecule has 33 heavy (non-hydrogen) atoms. The van der Waals surface area contributed by atoms with E-state index in [-0.39, 0.29) is 0 Å². The van der Waals surface area contributed by atoms with Crippen LogP contribution in [0.4, 0.5) is 11.8 Å². The molecule has 0 spiro atoms. The van der Waals surface area contributed by atoms with Gasteiger partial charge in [-0.05, 0) is 76.0 Å². The van der Waals surface area contributed by atoms with E-state index in [0.717, 1.165) is 68.3 Å². The molecule has 2 aromatic rings.